The Balaban J connectivity index is 2.72. The van der Waals surface area contributed by atoms with E-state index >= 15 is 0 Å². The quantitative estimate of drug-likeness (QED) is 0.351. The molecule has 0 aromatic carbocycles. The second-order valence-corrected chi connectivity index (χ2v) is 3.31. The summed E-state index contributed by atoms with van der Waals surface area (Å²) in [7, 11) is 0. The number of hydrogen-bond acceptors (Lipinski definition) is 2. The van der Waals surface area contributed by atoms with Crippen LogP contribution in [0, 0.1) is 0 Å². The fourth-order valence-electron chi connectivity index (χ4n) is 1.52. The van der Waals surface area contributed by atoms with Crippen LogP contribution in [0.15, 0.2) is 5.11 Å². The van der Waals surface area contributed by atoms with Crippen molar-refractivity contribution in [3.05, 3.63) is 10.4 Å². The summed E-state index contributed by atoms with van der Waals surface area (Å²) in [5.74, 6) is 0. The lowest BCUT2D eigenvalue weighted by molar-refractivity contribution is 0.0574. The highest BCUT2D eigenvalue weighted by molar-refractivity contribution is 4.93. The number of aliphatic hydroxyl groups is 1. The maximum Gasteiger partial charge on any atom is 0.0718 e. The van der Waals surface area contributed by atoms with Crippen LogP contribution in [0.1, 0.15) is 32.6 Å². The molecule has 1 aliphatic rings. The monoisotopic (exact) mass is 155 g/mol. The van der Waals surface area contributed by atoms with Gasteiger partial charge < -0.3 is 5.11 Å². The van der Waals surface area contributed by atoms with Crippen molar-refractivity contribution < 1.29 is 5.11 Å². The summed E-state index contributed by atoms with van der Waals surface area (Å²) >= 11 is 0. The minimum atomic E-state index is -0.549. The molecular weight excluding hydrogens is 142 g/mol. The van der Waals surface area contributed by atoms with Crippen molar-refractivity contribution in [1.29, 1.82) is 0 Å². The highest BCUT2D eigenvalue weighted by Gasteiger charge is 2.34. The summed E-state index contributed by atoms with van der Waals surface area (Å²) < 4.78 is 0. The van der Waals surface area contributed by atoms with Crippen molar-refractivity contribution in [2.75, 3.05) is 0 Å². The topological polar surface area (TPSA) is 69.0 Å². The summed E-state index contributed by atoms with van der Waals surface area (Å²) in [5.41, 5.74) is 7.70. The Morgan fingerprint density at radius 2 is 2.36 bits per heavy atom. The SMILES string of the molecule is C[C@]1(N=[N+]=[N-])CCCC[C@@H]1O. The summed E-state index contributed by atoms with van der Waals surface area (Å²) in [5, 5.41) is 13.1. The molecule has 0 bridgehead atoms. The molecular formula is C7H13N3O. The maximum absolute atomic E-state index is 9.49. The molecule has 0 radical (unpaired) electrons. The Morgan fingerprint density at radius 1 is 1.64 bits per heavy atom. The highest BCUT2D eigenvalue weighted by atomic mass is 16.3. The summed E-state index contributed by atoms with van der Waals surface area (Å²) in [6.07, 6.45) is 3.20. The molecule has 1 N–H and O–H groups in total. The Hall–Kier alpha value is -0.730. The number of nitrogens with zero attached hydrogens (tertiary/aromatic N) is 3. The second-order valence-electron chi connectivity index (χ2n) is 3.31. The van der Waals surface area contributed by atoms with E-state index in [4.69, 9.17) is 5.53 Å². The predicted molar refractivity (Wildman–Crippen MR) is 42.0 cm³/mol. The fourth-order valence-corrected chi connectivity index (χ4v) is 1.52. The van der Waals surface area contributed by atoms with Gasteiger partial charge in [0.05, 0.1) is 11.6 Å². The van der Waals surface area contributed by atoms with E-state index in [0.29, 0.717) is 0 Å². The van der Waals surface area contributed by atoms with Crippen molar-refractivity contribution in [1.82, 2.24) is 0 Å². The van der Waals surface area contributed by atoms with Crippen LogP contribution in [-0.4, -0.2) is 16.7 Å². The summed E-state index contributed by atoms with van der Waals surface area (Å²) in [6, 6.07) is 0. The Kier molecular flexibility index (Phi) is 2.37. The van der Waals surface area contributed by atoms with E-state index in [1.54, 1.807) is 0 Å². The van der Waals surface area contributed by atoms with Crippen LogP contribution in [0.3, 0.4) is 0 Å². The molecule has 1 rings (SSSR count). The van der Waals surface area contributed by atoms with Crippen LogP contribution in [0.2, 0.25) is 0 Å². The van der Waals surface area contributed by atoms with Crippen LogP contribution in [0.4, 0.5) is 0 Å². The third-order valence-corrected chi connectivity index (χ3v) is 2.40. The molecule has 0 spiro atoms. The number of hydrogen-bond donors (Lipinski definition) is 1. The van der Waals surface area contributed by atoms with E-state index in [1.807, 2.05) is 6.92 Å². The van der Waals surface area contributed by atoms with E-state index in [2.05, 4.69) is 10.0 Å². The van der Waals surface area contributed by atoms with E-state index in [9.17, 15) is 5.11 Å². The van der Waals surface area contributed by atoms with Crippen LogP contribution >= 0.6 is 0 Å². The van der Waals surface area contributed by atoms with Gasteiger partial charge >= 0.3 is 0 Å². The molecule has 0 saturated heterocycles. The zero-order valence-corrected chi connectivity index (χ0v) is 6.69. The number of rotatable bonds is 1. The molecule has 2 atom stereocenters. The Labute approximate surface area is 65.9 Å². The molecule has 4 heteroatoms. The van der Waals surface area contributed by atoms with Crippen molar-refractivity contribution >= 4 is 0 Å². The molecule has 0 unspecified atom stereocenters. The fraction of sp³-hybridized carbons (Fsp3) is 1.00. The van der Waals surface area contributed by atoms with Crippen LogP contribution in [-0.2, 0) is 0 Å². The van der Waals surface area contributed by atoms with Crippen molar-refractivity contribution in [2.24, 2.45) is 5.11 Å². The molecule has 0 heterocycles. The molecule has 1 aliphatic carbocycles. The van der Waals surface area contributed by atoms with Gasteiger partial charge in [0, 0.05) is 4.91 Å². The standard InChI is InChI=1S/C7H13N3O/c1-7(9-10-8)5-3-2-4-6(7)11/h6,11H,2-5H2,1H3/t6-,7-/m0/s1. The molecule has 0 aliphatic heterocycles. The smallest absolute Gasteiger partial charge is 0.0718 e. The first-order chi connectivity index (χ1) is 5.19. The van der Waals surface area contributed by atoms with Crippen LogP contribution in [0.5, 0.6) is 0 Å². The number of aliphatic hydroxyl groups excluding tert-OH is 1. The lowest BCUT2D eigenvalue weighted by Crippen LogP contribution is -2.39. The average Bonchev–Trinajstić information content (AvgIpc) is 1.96. The van der Waals surface area contributed by atoms with Gasteiger partial charge in [0.25, 0.3) is 0 Å². The van der Waals surface area contributed by atoms with E-state index < -0.39 is 11.6 Å². The minimum Gasteiger partial charge on any atom is -0.392 e. The third kappa shape index (κ3) is 1.64. The largest absolute Gasteiger partial charge is 0.392 e. The third-order valence-electron chi connectivity index (χ3n) is 2.40. The lowest BCUT2D eigenvalue weighted by atomic mass is 9.81. The van der Waals surface area contributed by atoms with E-state index in [0.717, 1.165) is 25.7 Å². The predicted octanol–water partition coefficient (Wildman–Crippen LogP) is 1.99. The van der Waals surface area contributed by atoms with Crippen LogP contribution < -0.4 is 0 Å². The second kappa shape index (κ2) is 3.11. The molecule has 1 fully saturated rings. The molecule has 62 valence electrons. The average molecular weight is 155 g/mol. The van der Waals surface area contributed by atoms with Gasteiger partial charge in [-0.3, -0.25) is 0 Å². The van der Waals surface area contributed by atoms with Crippen molar-refractivity contribution in [2.45, 2.75) is 44.2 Å². The maximum atomic E-state index is 9.49. The van der Waals surface area contributed by atoms with Gasteiger partial charge in [-0.15, -0.1) is 0 Å². The molecule has 0 aromatic heterocycles. The van der Waals surface area contributed by atoms with Gasteiger partial charge in [0.1, 0.15) is 0 Å². The first kappa shape index (κ1) is 8.37. The Morgan fingerprint density at radius 3 is 2.91 bits per heavy atom. The zero-order chi connectivity index (χ0) is 8.32. The molecule has 4 nitrogen and oxygen atoms in total. The van der Waals surface area contributed by atoms with Gasteiger partial charge in [0.15, 0.2) is 0 Å². The summed E-state index contributed by atoms with van der Waals surface area (Å²) in [6.45, 7) is 1.82. The summed E-state index contributed by atoms with van der Waals surface area (Å²) in [4.78, 5) is 2.75. The minimum absolute atomic E-state index is 0.452. The van der Waals surface area contributed by atoms with Gasteiger partial charge in [-0.05, 0) is 18.4 Å². The lowest BCUT2D eigenvalue weighted by Gasteiger charge is -2.33. The van der Waals surface area contributed by atoms with Gasteiger partial charge in [-0.1, -0.05) is 24.9 Å². The zero-order valence-electron chi connectivity index (χ0n) is 6.69. The van der Waals surface area contributed by atoms with E-state index in [-0.39, 0.29) is 0 Å². The van der Waals surface area contributed by atoms with Crippen LogP contribution in [0.25, 0.3) is 10.4 Å². The van der Waals surface area contributed by atoms with Gasteiger partial charge in [-0.2, -0.15) is 0 Å². The molecule has 11 heavy (non-hydrogen) atoms. The van der Waals surface area contributed by atoms with Gasteiger partial charge in [-0.25, -0.2) is 0 Å². The molecule has 1 saturated carbocycles. The molecule has 0 aromatic rings. The molecule has 0 amide bonds. The highest BCUT2D eigenvalue weighted by Crippen LogP contribution is 2.31. The van der Waals surface area contributed by atoms with Crippen molar-refractivity contribution in [3.63, 3.8) is 0 Å². The van der Waals surface area contributed by atoms with Gasteiger partial charge in [0.2, 0.25) is 0 Å². The first-order valence-electron chi connectivity index (χ1n) is 3.93. The Bertz CT molecular complexity index is 188. The number of azide groups is 1. The van der Waals surface area contributed by atoms with Crippen molar-refractivity contribution in [3.8, 4) is 0 Å². The first-order valence-corrected chi connectivity index (χ1v) is 3.93. The normalized spacial score (nSPS) is 37.8. The van der Waals surface area contributed by atoms with E-state index in [1.165, 1.54) is 0 Å².